The first kappa shape index (κ1) is 15.3. The van der Waals surface area contributed by atoms with Crippen molar-refractivity contribution >= 4 is 17.6 Å². The minimum absolute atomic E-state index is 0.309. The van der Waals surface area contributed by atoms with E-state index in [1.807, 2.05) is 18.2 Å². The van der Waals surface area contributed by atoms with Crippen molar-refractivity contribution in [2.45, 2.75) is 13.0 Å². The van der Waals surface area contributed by atoms with Crippen molar-refractivity contribution in [1.29, 1.82) is 0 Å². The van der Waals surface area contributed by atoms with Gasteiger partial charge in [0.15, 0.2) is 0 Å². The second-order valence-electron chi connectivity index (χ2n) is 5.58. The zero-order valence-corrected chi connectivity index (χ0v) is 13.3. The molecule has 23 heavy (non-hydrogen) atoms. The van der Waals surface area contributed by atoms with Crippen molar-refractivity contribution in [1.82, 2.24) is 9.97 Å². The number of nitrogens with zero attached hydrogens (tertiary/aromatic N) is 4. The summed E-state index contributed by atoms with van der Waals surface area (Å²) in [7, 11) is 1.39. The summed E-state index contributed by atoms with van der Waals surface area (Å²) in [4.78, 5) is 24.7. The average Bonchev–Trinajstić information content (AvgIpc) is 2.62. The number of rotatable bonds is 3. The maximum atomic E-state index is 11.5. The van der Waals surface area contributed by atoms with Gasteiger partial charge in [0.2, 0.25) is 5.95 Å². The Morgan fingerprint density at radius 1 is 1.17 bits per heavy atom. The zero-order valence-electron chi connectivity index (χ0n) is 13.3. The standard InChI is InChI=1S/C17H20N4O2/c1-13-12-20(10-11-21(13)17-18-8-3-9-19-17)15-6-4-14(5-7-15)16(22)23-2/h3-9,13H,10-12H2,1-2H3/t13-/m0/s1. The van der Waals surface area contributed by atoms with Crippen molar-refractivity contribution in [3.05, 3.63) is 48.3 Å². The monoisotopic (exact) mass is 312 g/mol. The van der Waals surface area contributed by atoms with Gasteiger partial charge >= 0.3 is 5.97 Å². The van der Waals surface area contributed by atoms with Crippen LogP contribution < -0.4 is 9.80 Å². The number of benzene rings is 1. The van der Waals surface area contributed by atoms with Crippen LogP contribution >= 0.6 is 0 Å². The van der Waals surface area contributed by atoms with E-state index in [4.69, 9.17) is 4.74 Å². The molecule has 0 spiro atoms. The van der Waals surface area contributed by atoms with E-state index in [1.165, 1.54) is 7.11 Å². The number of hydrogen-bond donors (Lipinski definition) is 0. The highest BCUT2D eigenvalue weighted by molar-refractivity contribution is 5.89. The molecule has 2 heterocycles. The number of hydrogen-bond acceptors (Lipinski definition) is 6. The van der Waals surface area contributed by atoms with E-state index in [1.54, 1.807) is 24.5 Å². The molecular formula is C17H20N4O2. The topological polar surface area (TPSA) is 58.6 Å². The SMILES string of the molecule is COC(=O)c1ccc(N2CCN(c3ncccn3)[C@@H](C)C2)cc1. The number of methoxy groups -OCH3 is 1. The molecule has 0 N–H and O–H groups in total. The molecule has 1 aliphatic heterocycles. The molecule has 0 bridgehead atoms. The van der Waals surface area contributed by atoms with E-state index < -0.39 is 0 Å². The normalized spacial score (nSPS) is 17.9. The molecule has 1 aliphatic rings. The van der Waals surface area contributed by atoms with E-state index in [0.29, 0.717) is 11.6 Å². The van der Waals surface area contributed by atoms with Crippen molar-refractivity contribution < 1.29 is 9.53 Å². The largest absolute Gasteiger partial charge is 0.465 e. The fourth-order valence-electron chi connectivity index (χ4n) is 2.85. The van der Waals surface area contributed by atoms with Gasteiger partial charge < -0.3 is 14.5 Å². The third-order valence-corrected chi connectivity index (χ3v) is 4.09. The van der Waals surface area contributed by atoms with E-state index in [9.17, 15) is 4.79 Å². The van der Waals surface area contributed by atoms with Crippen LogP contribution in [0.4, 0.5) is 11.6 Å². The van der Waals surface area contributed by atoms with Crippen molar-refractivity contribution in [2.75, 3.05) is 36.5 Å². The maximum absolute atomic E-state index is 11.5. The third-order valence-electron chi connectivity index (χ3n) is 4.09. The molecule has 2 aromatic rings. The molecule has 1 saturated heterocycles. The van der Waals surface area contributed by atoms with Gasteiger partial charge in [-0.1, -0.05) is 0 Å². The van der Waals surface area contributed by atoms with Crippen LogP contribution in [0.3, 0.4) is 0 Å². The van der Waals surface area contributed by atoms with Gasteiger partial charge in [-0.3, -0.25) is 0 Å². The van der Waals surface area contributed by atoms with Gasteiger partial charge in [-0.15, -0.1) is 0 Å². The number of esters is 1. The molecule has 1 aromatic carbocycles. The molecule has 6 nitrogen and oxygen atoms in total. The molecule has 0 aliphatic carbocycles. The number of aromatic nitrogens is 2. The highest BCUT2D eigenvalue weighted by Gasteiger charge is 2.25. The molecule has 0 amide bonds. The van der Waals surface area contributed by atoms with E-state index in [2.05, 4.69) is 26.7 Å². The lowest BCUT2D eigenvalue weighted by atomic mass is 10.1. The fraction of sp³-hybridized carbons (Fsp3) is 0.353. The third kappa shape index (κ3) is 3.26. The Morgan fingerprint density at radius 3 is 2.48 bits per heavy atom. The van der Waals surface area contributed by atoms with Gasteiger partial charge in [-0.2, -0.15) is 0 Å². The van der Waals surface area contributed by atoms with Crippen LogP contribution in [0.2, 0.25) is 0 Å². The Kier molecular flexibility index (Phi) is 4.41. The number of anilines is 2. The summed E-state index contributed by atoms with van der Waals surface area (Å²) in [5, 5.41) is 0. The molecule has 3 rings (SSSR count). The van der Waals surface area contributed by atoms with E-state index in [0.717, 1.165) is 31.3 Å². The lowest BCUT2D eigenvalue weighted by Gasteiger charge is -2.41. The van der Waals surface area contributed by atoms with Crippen molar-refractivity contribution in [3.63, 3.8) is 0 Å². The minimum atomic E-state index is -0.309. The molecular weight excluding hydrogens is 292 g/mol. The summed E-state index contributed by atoms with van der Waals surface area (Å²) < 4.78 is 4.73. The lowest BCUT2D eigenvalue weighted by Crippen LogP contribution is -2.52. The zero-order chi connectivity index (χ0) is 16.2. The quantitative estimate of drug-likeness (QED) is 0.808. The highest BCUT2D eigenvalue weighted by Crippen LogP contribution is 2.22. The Hall–Kier alpha value is -2.63. The number of carbonyl (C=O) groups is 1. The predicted molar refractivity (Wildman–Crippen MR) is 88.8 cm³/mol. The van der Waals surface area contributed by atoms with E-state index >= 15 is 0 Å². The lowest BCUT2D eigenvalue weighted by molar-refractivity contribution is 0.0601. The van der Waals surface area contributed by atoms with Gasteiger partial charge in [0.25, 0.3) is 0 Å². The van der Waals surface area contributed by atoms with Gasteiger partial charge in [0, 0.05) is 43.8 Å². The van der Waals surface area contributed by atoms with Crippen LogP contribution in [0.1, 0.15) is 17.3 Å². The summed E-state index contributed by atoms with van der Waals surface area (Å²) in [6.07, 6.45) is 3.54. The summed E-state index contributed by atoms with van der Waals surface area (Å²) in [5.74, 6) is 0.469. The molecule has 1 atom stereocenters. The van der Waals surface area contributed by atoms with Crippen LogP contribution in [0.5, 0.6) is 0 Å². The number of ether oxygens (including phenoxy) is 1. The first-order valence-corrected chi connectivity index (χ1v) is 7.66. The predicted octanol–water partition coefficient (Wildman–Crippen LogP) is 1.98. The Balaban J connectivity index is 1.69. The van der Waals surface area contributed by atoms with Crippen LogP contribution in [0.15, 0.2) is 42.7 Å². The van der Waals surface area contributed by atoms with Crippen molar-refractivity contribution in [3.8, 4) is 0 Å². The highest BCUT2D eigenvalue weighted by atomic mass is 16.5. The summed E-state index contributed by atoms with van der Waals surface area (Å²) in [5.41, 5.74) is 1.68. The summed E-state index contributed by atoms with van der Waals surface area (Å²) in [6.45, 7) is 4.81. The minimum Gasteiger partial charge on any atom is -0.465 e. The second kappa shape index (κ2) is 6.64. The smallest absolute Gasteiger partial charge is 0.337 e. The maximum Gasteiger partial charge on any atom is 0.337 e. The van der Waals surface area contributed by atoms with Gasteiger partial charge in [-0.25, -0.2) is 14.8 Å². The van der Waals surface area contributed by atoms with Gasteiger partial charge in [-0.05, 0) is 37.3 Å². The Bertz CT molecular complexity index is 660. The Morgan fingerprint density at radius 2 is 1.87 bits per heavy atom. The average molecular weight is 312 g/mol. The molecule has 6 heteroatoms. The van der Waals surface area contributed by atoms with Crippen LogP contribution in [0.25, 0.3) is 0 Å². The summed E-state index contributed by atoms with van der Waals surface area (Å²) in [6, 6.07) is 9.68. The number of carbonyl (C=O) groups excluding carboxylic acids is 1. The first-order valence-electron chi connectivity index (χ1n) is 7.66. The van der Waals surface area contributed by atoms with Gasteiger partial charge in [0.05, 0.1) is 12.7 Å². The van der Waals surface area contributed by atoms with Crippen LogP contribution in [-0.2, 0) is 4.74 Å². The first-order chi connectivity index (χ1) is 11.2. The second-order valence-corrected chi connectivity index (χ2v) is 5.58. The molecule has 0 radical (unpaired) electrons. The van der Waals surface area contributed by atoms with E-state index in [-0.39, 0.29) is 5.97 Å². The van der Waals surface area contributed by atoms with Crippen molar-refractivity contribution in [2.24, 2.45) is 0 Å². The fourth-order valence-corrected chi connectivity index (χ4v) is 2.85. The van der Waals surface area contributed by atoms with Gasteiger partial charge in [0.1, 0.15) is 0 Å². The van der Waals surface area contributed by atoms with Crippen LogP contribution in [-0.4, -0.2) is 48.7 Å². The molecule has 0 saturated carbocycles. The Labute approximate surface area is 135 Å². The molecule has 1 aromatic heterocycles. The molecule has 120 valence electrons. The summed E-state index contributed by atoms with van der Waals surface area (Å²) >= 11 is 0. The molecule has 1 fully saturated rings. The van der Waals surface area contributed by atoms with Crippen LogP contribution in [0, 0.1) is 0 Å². The molecule has 0 unspecified atom stereocenters. The number of piperazine rings is 1.